The van der Waals surface area contributed by atoms with Gasteiger partial charge in [0.25, 0.3) is 0 Å². The molecule has 0 amide bonds. The van der Waals surface area contributed by atoms with Gasteiger partial charge >= 0.3 is 5.97 Å². The Morgan fingerprint density at radius 1 is 1.45 bits per heavy atom. The fraction of sp³-hybridized carbons (Fsp3) is 0.417. The van der Waals surface area contributed by atoms with Gasteiger partial charge in [-0.2, -0.15) is 4.31 Å². The van der Waals surface area contributed by atoms with Crippen molar-refractivity contribution in [2.75, 3.05) is 32.5 Å². The van der Waals surface area contributed by atoms with Crippen molar-refractivity contribution in [3.63, 3.8) is 0 Å². The highest BCUT2D eigenvalue weighted by Crippen LogP contribution is 2.22. The molecule has 0 aliphatic carbocycles. The normalized spacial score (nSPS) is 11.8. The molecule has 1 rings (SSSR count). The molecule has 0 saturated heterocycles. The standard InChI is InChI=1S/C12H18N2O5S/c1-3-19-7-6-14(2)20(17,18)11-8-9(13)4-5-10(11)12(15)16/h4-5,8H,3,6-7,13H2,1-2H3,(H,15,16). The van der Waals surface area contributed by atoms with Gasteiger partial charge in [0.2, 0.25) is 10.0 Å². The van der Waals surface area contributed by atoms with Gasteiger partial charge in [-0.1, -0.05) is 0 Å². The van der Waals surface area contributed by atoms with E-state index in [1.165, 1.54) is 19.2 Å². The first kappa shape index (κ1) is 16.4. The predicted molar refractivity (Wildman–Crippen MR) is 74.1 cm³/mol. The molecule has 7 nitrogen and oxygen atoms in total. The lowest BCUT2D eigenvalue weighted by atomic mass is 10.2. The van der Waals surface area contributed by atoms with Crippen molar-refractivity contribution in [3.8, 4) is 0 Å². The van der Waals surface area contributed by atoms with E-state index in [-0.39, 0.29) is 29.3 Å². The molecule has 0 radical (unpaired) electrons. The van der Waals surface area contributed by atoms with Crippen molar-refractivity contribution in [2.45, 2.75) is 11.8 Å². The number of aromatic carboxylic acids is 1. The molecule has 0 saturated carbocycles. The maximum atomic E-state index is 12.4. The zero-order valence-corrected chi connectivity index (χ0v) is 12.2. The van der Waals surface area contributed by atoms with Gasteiger partial charge in [-0.05, 0) is 25.1 Å². The van der Waals surface area contributed by atoms with Gasteiger partial charge in [-0.15, -0.1) is 0 Å². The molecule has 0 aliphatic heterocycles. The number of nitrogens with two attached hydrogens (primary N) is 1. The Labute approximate surface area is 118 Å². The predicted octanol–water partition coefficient (Wildman–Crippen LogP) is 0.624. The highest BCUT2D eigenvalue weighted by molar-refractivity contribution is 7.89. The monoisotopic (exact) mass is 302 g/mol. The smallest absolute Gasteiger partial charge is 0.337 e. The molecule has 1 aromatic rings. The van der Waals surface area contributed by atoms with E-state index in [1.54, 1.807) is 6.92 Å². The van der Waals surface area contributed by atoms with Crippen LogP contribution >= 0.6 is 0 Å². The Morgan fingerprint density at radius 3 is 2.65 bits per heavy atom. The van der Waals surface area contributed by atoms with E-state index in [0.29, 0.717) is 6.61 Å². The second-order valence-electron chi connectivity index (χ2n) is 4.08. The van der Waals surface area contributed by atoms with Gasteiger partial charge in [0.05, 0.1) is 17.1 Å². The maximum Gasteiger partial charge on any atom is 0.337 e. The number of carboxylic acids is 1. The summed E-state index contributed by atoms with van der Waals surface area (Å²) in [4.78, 5) is 10.8. The van der Waals surface area contributed by atoms with Crippen molar-refractivity contribution < 1.29 is 23.1 Å². The summed E-state index contributed by atoms with van der Waals surface area (Å²) in [7, 11) is -2.56. The summed E-state index contributed by atoms with van der Waals surface area (Å²) in [6.07, 6.45) is 0. The molecule has 0 aromatic heterocycles. The molecular weight excluding hydrogens is 284 g/mol. The van der Waals surface area contributed by atoms with Gasteiger partial charge in [0.1, 0.15) is 0 Å². The number of benzene rings is 1. The zero-order chi connectivity index (χ0) is 15.3. The quantitative estimate of drug-likeness (QED) is 0.564. The number of rotatable bonds is 7. The Bertz CT molecular complexity index is 586. The topological polar surface area (TPSA) is 110 Å². The third-order valence-electron chi connectivity index (χ3n) is 2.68. The third-order valence-corrected chi connectivity index (χ3v) is 4.58. The van der Waals surface area contributed by atoms with Crippen molar-refractivity contribution in [1.29, 1.82) is 0 Å². The molecule has 0 unspecified atom stereocenters. The molecule has 0 atom stereocenters. The van der Waals surface area contributed by atoms with Crippen molar-refractivity contribution >= 4 is 21.7 Å². The van der Waals surface area contributed by atoms with Gasteiger partial charge in [0.15, 0.2) is 0 Å². The van der Waals surface area contributed by atoms with Crippen molar-refractivity contribution in [2.24, 2.45) is 0 Å². The van der Waals surface area contributed by atoms with E-state index in [1.807, 2.05) is 0 Å². The van der Waals surface area contributed by atoms with Gasteiger partial charge in [-0.25, -0.2) is 13.2 Å². The van der Waals surface area contributed by atoms with Crippen LogP contribution in [0.5, 0.6) is 0 Å². The van der Waals surface area contributed by atoms with E-state index >= 15 is 0 Å². The molecule has 112 valence electrons. The summed E-state index contributed by atoms with van der Waals surface area (Å²) in [6, 6.07) is 3.68. The first-order valence-electron chi connectivity index (χ1n) is 5.97. The molecule has 0 heterocycles. The van der Waals surface area contributed by atoms with Gasteiger partial charge < -0.3 is 15.6 Å². The number of nitrogen functional groups attached to an aromatic ring is 1. The minimum absolute atomic E-state index is 0.129. The van der Waals surface area contributed by atoms with Crippen molar-refractivity contribution in [3.05, 3.63) is 23.8 Å². The number of nitrogens with zero attached hydrogens (tertiary/aromatic N) is 1. The molecule has 1 aromatic carbocycles. The highest BCUT2D eigenvalue weighted by Gasteiger charge is 2.26. The first-order valence-corrected chi connectivity index (χ1v) is 7.41. The number of sulfonamides is 1. The molecule has 0 spiro atoms. The lowest BCUT2D eigenvalue weighted by Gasteiger charge is -2.18. The van der Waals surface area contributed by atoms with Crippen LogP contribution in [-0.4, -0.2) is 50.6 Å². The Morgan fingerprint density at radius 2 is 2.10 bits per heavy atom. The van der Waals surface area contributed by atoms with Crippen LogP contribution in [-0.2, 0) is 14.8 Å². The summed E-state index contributed by atoms with van der Waals surface area (Å²) in [5.41, 5.74) is 5.43. The Balaban J connectivity index is 3.14. The van der Waals surface area contributed by atoms with Crippen LogP contribution in [0.15, 0.2) is 23.1 Å². The SMILES string of the molecule is CCOCCN(C)S(=O)(=O)c1cc(N)ccc1C(=O)O. The van der Waals surface area contributed by atoms with E-state index in [9.17, 15) is 13.2 Å². The average molecular weight is 302 g/mol. The first-order chi connectivity index (χ1) is 9.30. The fourth-order valence-electron chi connectivity index (χ4n) is 1.55. The van der Waals surface area contributed by atoms with E-state index in [4.69, 9.17) is 15.6 Å². The second kappa shape index (κ2) is 6.69. The minimum atomic E-state index is -3.93. The van der Waals surface area contributed by atoms with E-state index < -0.39 is 16.0 Å². The van der Waals surface area contributed by atoms with Gasteiger partial charge in [-0.3, -0.25) is 0 Å². The molecular formula is C12H18N2O5S. The minimum Gasteiger partial charge on any atom is -0.478 e. The van der Waals surface area contributed by atoms with Crippen LogP contribution in [0.1, 0.15) is 17.3 Å². The lowest BCUT2D eigenvalue weighted by Crippen LogP contribution is -2.31. The molecule has 0 aliphatic rings. The number of carboxylic acid groups (broad SMARTS) is 1. The Hall–Kier alpha value is -1.64. The highest BCUT2D eigenvalue weighted by atomic mass is 32.2. The largest absolute Gasteiger partial charge is 0.478 e. The molecule has 3 N–H and O–H groups in total. The van der Waals surface area contributed by atoms with E-state index in [2.05, 4.69) is 0 Å². The van der Waals surface area contributed by atoms with Crippen molar-refractivity contribution in [1.82, 2.24) is 4.31 Å². The summed E-state index contributed by atoms with van der Waals surface area (Å²) >= 11 is 0. The maximum absolute atomic E-state index is 12.4. The molecule has 0 bridgehead atoms. The number of anilines is 1. The number of hydrogen-bond donors (Lipinski definition) is 2. The summed E-state index contributed by atoms with van der Waals surface area (Å²) < 4.78 is 30.8. The van der Waals surface area contributed by atoms with E-state index in [0.717, 1.165) is 10.4 Å². The lowest BCUT2D eigenvalue weighted by molar-refractivity contribution is 0.0692. The zero-order valence-electron chi connectivity index (χ0n) is 11.4. The van der Waals surface area contributed by atoms with Crippen LogP contribution < -0.4 is 5.73 Å². The summed E-state index contributed by atoms with van der Waals surface area (Å²) in [5, 5.41) is 9.07. The second-order valence-corrected chi connectivity index (χ2v) is 6.10. The van der Waals surface area contributed by atoms with Crippen LogP contribution in [0.2, 0.25) is 0 Å². The van der Waals surface area contributed by atoms with Crippen LogP contribution in [0, 0.1) is 0 Å². The van der Waals surface area contributed by atoms with Crippen LogP contribution in [0.3, 0.4) is 0 Å². The summed E-state index contributed by atoms with van der Waals surface area (Å²) in [6.45, 7) is 2.64. The number of carbonyl (C=O) groups is 1. The fourth-order valence-corrected chi connectivity index (χ4v) is 2.92. The average Bonchev–Trinajstić information content (AvgIpc) is 2.38. The van der Waals surface area contributed by atoms with Gasteiger partial charge in [0, 0.05) is 25.9 Å². The Kier molecular flexibility index (Phi) is 5.49. The number of likely N-dealkylation sites (N-methyl/N-ethyl adjacent to an activating group) is 1. The van der Waals surface area contributed by atoms with Crippen LogP contribution in [0.4, 0.5) is 5.69 Å². The molecule has 0 fully saturated rings. The molecule has 20 heavy (non-hydrogen) atoms. The van der Waals surface area contributed by atoms with Crippen LogP contribution in [0.25, 0.3) is 0 Å². The third kappa shape index (κ3) is 3.69. The number of hydrogen-bond acceptors (Lipinski definition) is 5. The number of ether oxygens (including phenoxy) is 1. The molecule has 8 heteroatoms. The summed E-state index contributed by atoms with van der Waals surface area (Å²) in [5.74, 6) is -1.32.